The van der Waals surface area contributed by atoms with E-state index in [0.29, 0.717) is 0 Å². The van der Waals surface area contributed by atoms with Crippen molar-refractivity contribution in [2.24, 2.45) is 0 Å². The molecule has 0 radical (unpaired) electrons. The maximum Gasteiger partial charge on any atom is 0.192 e. The van der Waals surface area contributed by atoms with Crippen molar-refractivity contribution in [1.82, 2.24) is 0 Å². The molecule has 0 aliphatic carbocycles. The van der Waals surface area contributed by atoms with Crippen LogP contribution in [0, 0.1) is 0 Å². The van der Waals surface area contributed by atoms with E-state index in [9.17, 15) is 0 Å². The summed E-state index contributed by atoms with van der Waals surface area (Å²) in [5.41, 5.74) is 0. The number of anilines is 1. The first-order valence-corrected chi connectivity index (χ1v) is 4.71. The maximum atomic E-state index is 5.13. The highest BCUT2D eigenvalue weighted by atomic mass is 16.3. The van der Waals surface area contributed by atoms with Crippen LogP contribution in [0.1, 0.15) is 32.6 Å². The summed E-state index contributed by atoms with van der Waals surface area (Å²) in [5.74, 6) is 0.881. The van der Waals surface area contributed by atoms with E-state index in [1.807, 2.05) is 12.1 Å². The van der Waals surface area contributed by atoms with Crippen molar-refractivity contribution in [3.05, 3.63) is 18.4 Å². The van der Waals surface area contributed by atoms with Crippen molar-refractivity contribution >= 4 is 5.88 Å². The molecular weight excluding hydrogens is 150 g/mol. The van der Waals surface area contributed by atoms with E-state index < -0.39 is 0 Å². The van der Waals surface area contributed by atoms with Crippen LogP contribution in [0.15, 0.2) is 22.8 Å². The second-order valence-electron chi connectivity index (χ2n) is 2.96. The van der Waals surface area contributed by atoms with Gasteiger partial charge in [0.05, 0.1) is 6.26 Å². The summed E-state index contributed by atoms with van der Waals surface area (Å²) in [6.07, 6.45) is 6.85. The summed E-state index contributed by atoms with van der Waals surface area (Å²) in [6.45, 7) is 3.24. The van der Waals surface area contributed by atoms with Crippen LogP contribution in [-0.2, 0) is 0 Å². The van der Waals surface area contributed by atoms with Crippen molar-refractivity contribution in [3.8, 4) is 0 Å². The van der Waals surface area contributed by atoms with Crippen LogP contribution in [0.2, 0.25) is 0 Å². The minimum atomic E-state index is 0.881. The molecule has 0 aromatic carbocycles. The summed E-state index contributed by atoms with van der Waals surface area (Å²) >= 11 is 0. The number of nitrogens with one attached hydrogen (secondary N) is 1. The molecule has 1 aromatic heterocycles. The lowest BCUT2D eigenvalue weighted by molar-refractivity contribution is 0.575. The average molecular weight is 167 g/mol. The molecule has 1 rings (SSSR count). The zero-order valence-electron chi connectivity index (χ0n) is 7.68. The number of unbranched alkanes of at least 4 members (excludes halogenated alkanes) is 3. The molecule has 0 unspecified atom stereocenters. The third-order valence-electron chi connectivity index (χ3n) is 1.85. The van der Waals surface area contributed by atoms with Gasteiger partial charge in [0.15, 0.2) is 5.88 Å². The molecule has 1 aromatic rings. The third-order valence-corrected chi connectivity index (χ3v) is 1.85. The first kappa shape index (κ1) is 9.17. The summed E-state index contributed by atoms with van der Waals surface area (Å²) < 4.78 is 5.13. The molecule has 0 spiro atoms. The molecule has 68 valence electrons. The second-order valence-corrected chi connectivity index (χ2v) is 2.96. The molecule has 0 saturated carbocycles. The van der Waals surface area contributed by atoms with Crippen molar-refractivity contribution in [1.29, 1.82) is 0 Å². The van der Waals surface area contributed by atoms with Crippen LogP contribution < -0.4 is 5.32 Å². The van der Waals surface area contributed by atoms with Gasteiger partial charge in [0.2, 0.25) is 0 Å². The molecule has 1 heterocycles. The van der Waals surface area contributed by atoms with Gasteiger partial charge in [-0.05, 0) is 12.5 Å². The van der Waals surface area contributed by atoms with Gasteiger partial charge in [0, 0.05) is 12.6 Å². The molecule has 0 fully saturated rings. The Labute approximate surface area is 74.0 Å². The van der Waals surface area contributed by atoms with Crippen molar-refractivity contribution < 1.29 is 4.42 Å². The Morgan fingerprint density at radius 2 is 2.25 bits per heavy atom. The van der Waals surface area contributed by atoms with Gasteiger partial charge in [-0.3, -0.25) is 0 Å². The first-order chi connectivity index (χ1) is 5.93. The Morgan fingerprint density at radius 1 is 1.33 bits per heavy atom. The van der Waals surface area contributed by atoms with Crippen LogP contribution in [0.5, 0.6) is 0 Å². The fourth-order valence-electron chi connectivity index (χ4n) is 1.14. The monoisotopic (exact) mass is 167 g/mol. The van der Waals surface area contributed by atoms with Crippen LogP contribution >= 0.6 is 0 Å². The predicted molar refractivity (Wildman–Crippen MR) is 51.3 cm³/mol. The molecule has 0 aliphatic rings. The Balaban J connectivity index is 1.96. The summed E-state index contributed by atoms with van der Waals surface area (Å²) in [6, 6.07) is 3.84. The van der Waals surface area contributed by atoms with E-state index in [1.54, 1.807) is 6.26 Å². The summed E-state index contributed by atoms with van der Waals surface area (Å²) in [4.78, 5) is 0. The molecule has 0 atom stereocenters. The van der Waals surface area contributed by atoms with Gasteiger partial charge in [0.25, 0.3) is 0 Å². The highest BCUT2D eigenvalue weighted by molar-refractivity contribution is 5.29. The Morgan fingerprint density at radius 3 is 2.92 bits per heavy atom. The first-order valence-electron chi connectivity index (χ1n) is 4.71. The quantitative estimate of drug-likeness (QED) is 0.658. The summed E-state index contributed by atoms with van der Waals surface area (Å²) in [7, 11) is 0. The van der Waals surface area contributed by atoms with Crippen LogP contribution in [0.3, 0.4) is 0 Å². The van der Waals surface area contributed by atoms with Crippen molar-refractivity contribution in [3.63, 3.8) is 0 Å². The molecular formula is C10H17NO. The molecule has 1 N–H and O–H groups in total. The average Bonchev–Trinajstić information content (AvgIpc) is 2.57. The molecule has 0 aliphatic heterocycles. The summed E-state index contributed by atoms with van der Waals surface area (Å²) in [5, 5.41) is 3.22. The molecule has 12 heavy (non-hydrogen) atoms. The van der Waals surface area contributed by atoms with E-state index in [4.69, 9.17) is 4.42 Å². The number of rotatable bonds is 6. The topological polar surface area (TPSA) is 25.2 Å². The second kappa shape index (κ2) is 5.70. The van der Waals surface area contributed by atoms with E-state index in [0.717, 1.165) is 12.4 Å². The van der Waals surface area contributed by atoms with Gasteiger partial charge >= 0.3 is 0 Å². The van der Waals surface area contributed by atoms with E-state index in [1.165, 1.54) is 25.7 Å². The lowest BCUT2D eigenvalue weighted by atomic mass is 10.2. The fourth-order valence-corrected chi connectivity index (χ4v) is 1.14. The molecule has 0 bridgehead atoms. The standard InChI is InChI=1S/C10H17NO/c1-2-3-4-5-8-11-10-7-6-9-12-10/h6-7,9,11H,2-5,8H2,1H3. The van der Waals surface area contributed by atoms with Crippen LogP contribution in [0.25, 0.3) is 0 Å². The molecule has 2 heteroatoms. The normalized spacial score (nSPS) is 10.1. The van der Waals surface area contributed by atoms with E-state index >= 15 is 0 Å². The van der Waals surface area contributed by atoms with Crippen molar-refractivity contribution in [2.75, 3.05) is 11.9 Å². The maximum absolute atomic E-state index is 5.13. The SMILES string of the molecule is CCCCCCNc1ccco1. The fraction of sp³-hybridized carbons (Fsp3) is 0.600. The minimum Gasteiger partial charge on any atom is -0.449 e. The van der Waals surface area contributed by atoms with Gasteiger partial charge in [-0.15, -0.1) is 0 Å². The lowest BCUT2D eigenvalue weighted by Gasteiger charge is -2.01. The molecule has 0 saturated heterocycles. The predicted octanol–water partition coefficient (Wildman–Crippen LogP) is 3.27. The van der Waals surface area contributed by atoms with Crippen molar-refractivity contribution in [2.45, 2.75) is 32.6 Å². The zero-order chi connectivity index (χ0) is 8.65. The Bertz CT molecular complexity index is 182. The van der Waals surface area contributed by atoms with Gasteiger partial charge in [-0.2, -0.15) is 0 Å². The zero-order valence-corrected chi connectivity index (χ0v) is 7.68. The molecule has 0 amide bonds. The Kier molecular flexibility index (Phi) is 4.35. The third kappa shape index (κ3) is 3.46. The van der Waals surface area contributed by atoms with Gasteiger partial charge < -0.3 is 9.73 Å². The van der Waals surface area contributed by atoms with Gasteiger partial charge in [-0.25, -0.2) is 0 Å². The number of hydrogen-bond donors (Lipinski definition) is 1. The highest BCUT2D eigenvalue weighted by Crippen LogP contribution is 2.07. The van der Waals surface area contributed by atoms with Gasteiger partial charge in [0.1, 0.15) is 0 Å². The number of furan rings is 1. The van der Waals surface area contributed by atoms with E-state index in [2.05, 4.69) is 12.2 Å². The number of hydrogen-bond acceptors (Lipinski definition) is 2. The minimum absolute atomic E-state index is 0.881. The van der Waals surface area contributed by atoms with E-state index in [-0.39, 0.29) is 0 Å². The van der Waals surface area contributed by atoms with Crippen LogP contribution in [-0.4, -0.2) is 6.54 Å². The molecule has 2 nitrogen and oxygen atoms in total. The largest absolute Gasteiger partial charge is 0.449 e. The van der Waals surface area contributed by atoms with Gasteiger partial charge in [-0.1, -0.05) is 26.2 Å². The highest BCUT2D eigenvalue weighted by Gasteiger charge is 1.91. The lowest BCUT2D eigenvalue weighted by Crippen LogP contribution is -1.99. The Hall–Kier alpha value is -0.920. The smallest absolute Gasteiger partial charge is 0.192 e. The van der Waals surface area contributed by atoms with Crippen LogP contribution in [0.4, 0.5) is 5.88 Å².